The Morgan fingerprint density at radius 2 is 1.97 bits per heavy atom. The van der Waals surface area contributed by atoms with E-state index in [2.05, 4.69) is 0 Å². The average molecular weight is 396 g/mol. The lowest BCUT2D eigenvalue weighted by atomic mass is 10.0. The van der Waals surface area contributed by atoms with Gasteiger partial charge in [-0.25, -0.2) is 4.79 Å². The highest BCUT2D eigenvalue weighted by molar-refractivity contribution is 6.15. The Hall–Kier alpha value is -3.48. The molecule has 1 atom stereocenters. The van der Waals surface area contributed by atoms with Crippen LogP contribution >= 0.6 is 0 Å². The summed E-state index contributed by atoms with van der Waals surface area (Å²) in [7, 11) is 0. The summed E-state index contributed by atoms with van der Waals surface area (Å²) in [5.41, 5.74) is 1.94. The molecular weight excluding hydrogens is 376 g/mol. The van der Waals surface area contributed by atoms with Crippen molar-refractivity contribution < 1.29 is 33.3 Å². The zero-order valence-corrected chi connectivity index (χ0v) is 16.3. The number of hydrogen-bond acceptors (Lipinski definition) is 7. The normalized spacial score (nSPS) is 16.4. The maximum atomic E-state index is 12.8. The Balaban J connectivity index is 1.58. The summed E-state index contributed by atoms with van der Waals surface area (Å²) in [6.45, 7) is 5.60. The number of carbonyl (C=O) groups excluding carboxylic acids is 2. The molecule has 2 aliphatic heterocycles. The van der Waals surface area contributed by atoms with Gasteiger partial charge in [-0.15, -0.1) is 0 Å². The van der Waals surface area contributed by atoms with Gasteiger partial charge >= 0.3 is 5.97 Å². The summed E-state index contributed by atoms with van der Waals surface area (Å²) in [5, 5.41) is 0. The van der Waals surface area contributed by atoms with Crippen LogP contribution in [0.25, 0.3) is 6.08 Å². The molecule has 0 bridgehead atoms. The topological polar surface area (TPSA) is 80.3 Å². The number of fused-ring (bicyclic) bond motifs is 2. The van der Waals surface area contributed by atoms with Crippen molar-refractivity contribution in [3.63, 3.8) is 0 Å². The number of esters is 1. The highest BCUT2D eigenvalue weighted by atomic mass is 16.7. The fourth-order valence-corrected chi connectivity index (χ4v) is 3.21. The third-order valence-corrected chi connectivity index (χ3v) is 4.57. The Morgan fingerprint density at radius 1 is 1.17 bits per heavy atom. The number of carbonyl (C=O) groups is 2. The SMILES string of the molecule is CCOC(=O)C(C)Oc1cc(C)c2c(c1)O/C(=C\c1ccc3c(c1)OCO3)C2=O. The molecule has 0 aromatic heterocycles. The van der Waals surface area contributed by atoms with E-state index in [1.165, 1.54) is 0 Å². The van der Waals surface area contributed by atoms with E-state index < -0.39 is 12.1 Å². The van der Waals surface area contributed by atoms with Gasteiger partial charge in [-0.05, 0) is 56.2 Å². The molecule has 0 radical (unpaired) electrons. The van der Waals surface area contributed by atoms with Crippen LogP contribution in [0.2, 0.25) is 0 Å². The average Bonchev–Trinajstić information content (AvgIpc) is 3.26. The van der Waals surface area contributed by atoms with Crippen LogP contribution in [0.4, 0.5) is 0 Å². The number of aryl methyl sites for hydroxylation is 1. The fourth-order valence-electron chi connectivity index (χ4n) is 3.21. The smallest absolute Gasteiger partial charge is 0.347 e. The molecule has 2 aliphatic rings. The number of rotatable bonds is 5. The molecule has 7 nitrogen and oxygen atoms in total. The number of ketones is 1. The van der Waals surface area contributed by atoms with Gasteiger partial charge in [0.1, 0.15) is 11.5 Å². The van der Waals surface area contributed by atoms with Gasteiger partial charge in [0.15, 0.2) is 23.4 Å². The van der Waals surface area contributed by atoms with Crippen molar-refractivity contribution in [2.75, 3.05) is 13.4 Å². The summed E-state index contributed by atoms with van der Waals surface area (Å²) in [6, 6.07) is 8.71. The highest BCUT2D eigenvalue weighted by Crippen LogP contribution is 2.39. The van der Waals surface area contributed by atoms with Gasteiger partial charge in [-0.3, -0.25) is 4.79 Å². The monoisotopic (exact) mass is 396 g/mol. The first-order chi connectivity index (χ1) is 14.0. The molecular formula is C22H20O7. The lowest BCUT2D eigenvalue weighted by Gasteiger charge is -2.14. The summed E-state index contributed by atoms with van der Waals surface area (Å²) < 4.78 is 27.1. The van der Waals surface area contributed by atoms with Crippen LogP contribution in [-0.4, -0.2) is 31.3 Å². The van der Waals surface area contributed by atoms with Crippen LogP contribution in [0.15, 0.2) is 36.1 Å². The molecule has 7 heteroatoms. The largest absolute Gasteiger partial charge is 0.479 e. The van der Waals surface area contributed by atoms with Crippen LogP contribution in [-0.2, 0) is 9.53 Å². The first kappa shape index (κ1) is 18.9. The molecule has 0 N–H and O–H groups in total. The lowest BCUT2D eigenvalue weighted by Crippen LogP contribution is -2.26. The second-order valence-electron chi connectivity index (χ2n) is 6.68. The number of hydrogen-bond donors (Lipinski definition) is 0. The Bertz CT molecular complexity index is 1020. The van der Waals surface area contributed by atoms with E-state index in [-0.39, 0.29) is 24.9 Å². The van der Waals surface area contributed by atoms with E-state index in [1.54, 1.807) is 51.1 Å². The summed E-state index contributed by atoms with van der Waals surface area (Å²) in [5.74, 6) is 1.67. The van der Waals surface area contributed by atoms with E-state index in [4.69, 9.17) is 23.7 Å². The maximum absolute atomic E-state index is 12.8. The standard InChI is InChI=1S/C22H20O7/c1-4-25-22(24)13(3)28-15-7-12(2)20-18(10-15)29-19(21(20)23)9-14-5-6-16-17(8-14)27-11-26-16/h5-10,13H,4,11H2,1-3H3/b19-9-. The molecule has 29 heavy (non-hydrogen) atoms. The molecule has 2 heterocycles. The number of Topliss-reactive ketones (excluding diaryl/α,β-unsaturated/α-hetero) is 1. The quantitative estimate of drug-likeness (QED) is 0.563. The molecule has 0 saturated carbocycles. The van der Waals surface area contributed by atoms with E-state index in [0.29, 0.717) is 34.1 Å². The summed E-state index contributed by atoms with van der Waals surface area (Å²) in [4.78, 5) is 24.6. The Morgan fingerprint density at radius 3 is 2.76 bits per heavy atom. The molecule has 0 saturated heterocycles. The van der Waals surface area contributed by atoms with Crippen molar-refractivity contribution in [1.82, 2.24) is 0 Å². The highest BCUT2D eigenvalue weighted by Gasteiger charge is 2.30. The maximum Gasteiger partial charge on any atom is 0.347 e. The van der Waals surface area contributed by atoms with Crippen molar-refractivity contribution in [2.24, 2.45) is 0 Å². The third-order valence-electron chi connectivity index (χ3n) is 4.57. The molecule has 1 unspecified atom stereocenters. The zero-order valence-electron chi connectivity index (χ0n) is 16.3. The third kappa shape index (κ3) is 3.63. The van der Waals surface area contributed by atoms with Crippen LogP contribution in [0, 0.1) is 6.92 Å². The van der Waals surface area contributed by atoms with Crippen LogP contribution in [0.1, 0.15) is 35.3 Å². The molecule has 2 aromatic rings. The minimum atomic E-state index is -0.770. The van der Waals surface area contributed by atoms with Crippen molar-refractivity contribution in [1.29, 1.82) is 0 Å². The van der Waals surface area contributed by atoms with Crippen LogP contribution in [0.5, 0.6) is 23.0 Å². The van der Waals surface area contributed by atoms with Gasteiger partial charge < -0.3 is 23.7 Å². The van der Waals surface area contributed by atoms with Gasteiger partial charge in [0.25, 0.3) is 0 Å². The van der Waals surface area contributed by atoms with Gasteiger partial charge in [-0.2, -0.15) is 0 Å². The second kappa shape index (κ2) is 7.50. The van der Waals surface area contributed by atoms with E-state index in [9.17, 15) is 9.59 Å². The van der Waals surface area contributed by atoms with Gasteiger partial charge in [0.2, 0.25) is 12.6 Å². The molecule has 0 fully saturated rings. The van der Waals surface area contributed by atoms with E-state index >= 15 is 0 Å². The van der Waals surface area contributed by atoms with Gasteiger partial charge in [0, 0.05) is 6.07 Å². The van der Waals surface area contributed by atoms with Crippen molar-refractivity contribution in [3.8, 4) is 23.0 Å². The van der Waals surface area contributed by atoms with E-state index in [0.717, 1.165) is 5.56 Å². The predicted molar refractivity (Wildman–Crippen MR) is 103 cm³/mol. The molecule has 0 amide bonds. The molecule has 150 valence electrons. The zero-order chi connectivity index (χ0) is 20.5. The minimum Gasteiger partial charge on any atom is -0.479 e. The lowest BCUT2D eigenvalue weighted by molar-refractivity contribution is -0.150. The first-order valence-corrected chi connectivity index (χ1v) is 9.28. The Kier molecular flexibility index (Phi) is 4.88. The van der Waals surface area contributed by atoms with Crippen LogP contribution < -0.4 is 18.9 Å². The first-order valence-electron chi connectivity index (χ1n) is 9.28. The van der Waals surface area contributed by atoms with Gasteiger partial charge in [0.05, 0.1) is 12.2 Å². The molecule has 4 rings (SSSR count). The van der Waals surface area contributed by atoms with Crippen LogP contribution in [0.3, 0.4) is 0 Å². The predicted octanol–water partition coefficient (Wildman–Crippen LogP) is 3.67. The van der Waals surface area contributed by atoms with Crippen molar-refractivity contribution in [2.45, 2.75) is 26.9 Å². The summed E-state index contributed by atoms with van der Waals surface area (Å²) >= 11 is 0. The second-order valence-corrected chi connectivity index (χ2v) is 6.68. The number of ether oxygens (including phenoxy) is 5. The molecule has 0 aliphatic carbocycles. The van der Waals surface area contributed by atoms with Crippen molar-refractivity contribution >= 4 is 17.8 Å². The van der Waals surface area contributed by atoms with E-state index in [1.807, 2.05) is 6.07 Å². The minimum absolute atomic E-state index is 0.183. The number of allylic oxidation sites excluding steroid dienone is 1. The fraction of sp³-hybridized carbons (Fsp3) is 0.273. The van der Waals surface area contributed by atoms with Gasteiger partial charge in [-0.1, -0.05) is 6.07 Å². The molecule has 2 aromatic carbocycles. The number of benzene rings is 2. The summed E-state index contributed by atoms with van der Waals surface area (Å²) in [6.07, 6.45) is 0.888. The Labute approximate surface area is 167 Å². The molecule has 0 spiro atoms. The van der Waals surface area contributed by atoms with Crippen molar-refractivity contribution in [3.05, 3.63) is 52.8 Å².